The molecule has 3 rings (SSSR count). The molecule has 0 aliphatic carbocycles. The molecule has 1 amide bonds. The Labute approximate surface area is 174 Å². The number of hydrogen-bond donors (Lipinski definition) is 1. The summed E-state index contributed by atoms with van der Waals surface area (Å²) < 4.78 is 10.0. The van der Waals surface area contributed by atoms with Crippen LogP contribution in [0.4, 0.5) is 0 Å². The average Bonchev–Trinajstić information content (AvgIpc) is 2.75. The van der Waals surface area contributed by atoms with Gasteiger partial charge < -0.3 is 19.5 Å². The van der Waals surface area contributed by atoms with Gasteiger partial charge in [-0.2, -0.15) is 0 Å². The van der Waals surface area contributed by atoms with E-state index in [1.807, 2.05) is 11.0 Å². The molecule has 1 N–H and O–H groups in total. The van der Waals surface area contributed by atoms with Crippen LogP contribution in [0.2, 0.25) is 5.02 Å². The van der Waals surface area contributed by atoms with Crippen molar-refractivity contribution >= 4 is 23.5 Å². The number of carbonyl (C=O) groups excluding carboxylic acids is 2. The van der Waals surface area contributed by atoms with Crippen LogP contribution < -0.4 is 4.74 Å². The number of rotatable bonds is 5. The molecule has 2 aromatic carbocycles. The molecule has 0 spiro atoms. The number of benzene rings is 2. The van der Waals surface area contributed by atoms with E-state index in [9.17, 15) is 14.7 Å². The van der Waals surface area contributed by atoms with Crippen LogP contribution in [-0.4, -0.2) is 67.2 Å². The third-order valence-electron chi connectivity index (χ3n) is 5.03. The van der Waals surface area contributed by atoms with E-state index >= 15 is 0 Å². The molecule has 1 unspecified atom stereocenters. The molecule has 1 saturated heterocycles. The highest BCUT2D eigenvalue weighted by Crippen LogP contribution is 2.30. The summed E-state index contributed by atoms with van der Waals surface area (Å²) in [4.78, 5) is 28.9. The fourth-order valence-corrected chi connectivity index (χ4v) is 3.69. The largest absolute Gasteiger partial charge is 0.507 e. The molecule has 7 nitrogen and oxygen atoms in total. The predicted molar refractivity (Wildman–Crippen MR) is 108 cm³/mol. The fourth-order valence-electron chi connectivity index (χ4n) is 3.45. The van der Waals surface area contributed by atoms with Crippen molar-refractivity contribution in [3.8, 4) is 11.5 Å². The number of nitrogens with zero attached hydrogens (tertiary/aromatic N) is 2. The quantitative estimate of drug-likeness (QED) is 0.752. The number of phenolic OH excluding ortho intramolecular Hbond substituents is 1. The van der Waals surface area contributed by atoms with Gasteiger partial charge in [0.2, 0.25) is 0 Å². The normalized spacial score (nSPS) is 15.6. The monoisotopic (exact) mass is 418 g/mol. The fraction of sp³-hybridized carbons (Fsp3) is 0.333. The van der Waals surface area contributed by atoms with Gasteiger partial charge >= 0.3 is 5.97 Å². The molecule has 8 heteroatoms. The molecule has 29 heavy (non-hydrogen) atoms. The molecule has 0 saturated carbocycles. The zero-order chi connectivity index (χ0) is 21.0. The zero-order valence-electron chi connectivity index (χ0n) is 16.3. The van der Waals surface area contributed by atoms with Crippen molar-refractivity contribution in [1.82, 2.24) is 9.80 Å². The lowest BCUT2D eigenvalue weighted by Gasteiger charge is -2.38. The summed E-state index contributed by atoms with van der Waals surface area (Å²) in [6, 6.07) is 11.1. The molecule has 0 aromatic heterocycles. The van der Waals surface area contributed by atoms with Crippen molar-refractivity contribution < 1.29 is 24.2 Å². The van der Waals surface area contributed by atoms with Crippen molar-refractivity contribution in [2.45, 2.75) is 6.04 Å². The number of esters is 1. The first-order valence-corrected chi connectivity index (χ1v) is 9.56. The molecule has 1 atom stereocenters. The molecule has 0 radical (unpaired) electrons. The third kappa shape index (κ3) is 4.46. The Morgan fingerprint density at radius 3 is 2.34 bits per heavy atom. The Morgan fingerprint density at radius 1 is 1.07 bits per heavy atom. The average molecular weight is 419 g/mol. The van der Waals surface area contributed by atoms with Gasteiger partial charge in [-0.1, -0.05) is 29.8 Å². The highest BCUT2D eigenvalue weighted by Gasteiger charge is 2.34. The van der Waals surface area contributed by atoms with Gasteiger partial charge in [-0.15, -0.1) is 0 Å². The summed E-state index contributed by atoms with van der Waals surface area (Å²) in [5, 5.41) is 10.6. The lowest BCUT2D eigenvalue weighted by Crippen LogP contribution is -2.51. The van der Waals surface area contributed by atoms with Crippen LogP contribution in [0.15, 0.2) is 42.5 Å². The number of piperazine rings is 1. The van der Waals surface area contributed by atoms with Crippen LogP contribution in [-0.2, 0) is 9.53 Å². The van der Waals surface area contributed by atoms with E-state index in [0.29, 0.717) is 42.5 Å². The van der Waals surface area contributed by atoms with Gasteiger partial charge in [0.05, 0.1) is 19.8 Å². The Kier molecular flexibility index (Phi) is 6.61. The maximum atomic E-state index is 12.8. The van der Waals surface area contributed by atoms with Crippen LogP contribution in [0.5, 0.6) is 11.5 Å². The number of amides is 1. The summed E-state index contributed by atoms with van der Waals surface area (Å²) >= 11 is 6.30. The first-order chi connectivity index (χ1) is 14.0. The lowest BCUT2D eigenvalue weighted by atomic mass is 10.0. The third-order valence-corrected chi connectivity index (χ3v) is 5.37. The topological polar surface area (TPSA) is 79.3 Å². The van der Waals surface area contributed by atoms with Crippen LogP contribution in [0.25, 0.3) is 0 Å². The van der Waals surface area contributed by atoms with E-state index in [-0.39, 0.29) is 17.2 Å². The van der Waals surface area contributed by atoms with E-state index in [1.165, 1.54) is 20.3 Å². The first kappa shape index (κ1) is 21.0. The van der Waals surface area contributed by atoms with Crippen LogP contribution in [0, 0.1) is 0 Å². The number of aromatic hydroxyl groups is 1. The van der Waals surface area contributed by atoms with Gasteiger partial charge in [-0.05, 0) is 23.8 Å². The van der Waals surface area contributed by atoms with Crippen LogP contribution >= 0.6 is 11.6 Å². The number of carbonyl (C=O) groups is 2. The molecule has 1 aliphatic heterocycles. The maximum Gasteiger partial charge on any atom is 0.327 e. The van der Waals surface area contributed by atoms with E-state index in [1.54, 1.807) is 35.2 Å². The van der Waals surface area contributed by atoms with Crippen molar-refractivity contribution in [3.63, 3.8) is 0 Å². The molecule has 2 aromatic rings. The van der Waals surface area contributed by atoms with Crippen molar-refractivity contribution in [3.05, 3.63) is 58.6 Å². The van der Waals surface area contributed by atoms with Gasteiger partial charge in [0, 0.05) is 37.3 Å². The summed E-state index contributed by atoms with van der Waals surface area (Å²) in [5.74, 6) is -0.312. The van der Waals surface area contributed by atoms with Crippen molar-refractivity contribution in [1.29, 1.82) is 0 Å². The first-order valence-electron chi connectivity index (χ1n) is 9.19. The maximum absolute atomic E-state index is 12.8. The van der Waals surface area contributed by atoms with E-state index in [4.69, 9.17) is 21.1 Å². The smallest absolute Gasteiger partial charge is 0.327 e. The Morgan fingerprint density at radius 2 is 1.76 bits per heavy atom. The SMILES string of the molecule is COC(=O)C(c1ccccc1Cl)N1CCN(C(=O)c2ccc(OC)cc2O)CC1. The highest BCUT2D eigenvalue weighted by molar-refractivity contribution is 6.31. The van der Waals surface area contributed by atoms with Crippen molar-refractivity contribution in [2.24, 2.45) is 0 Å². The predicted octanol–water partition coefficient (Wildman–Crippen LogP) is 2.73. The minimum absolute atomic E-state index is 0.125. The van der Waals surface area contributed by atoms with E-state index in [2.05, 4.69) is 0 Å². The van der Waals surface area contributed by atoms with Gasteiger partial charge in [0.25, 0.3) is 5.91 Å². The molecule has 0 bridgehead atoms. The number of ether oxygens (including phenoxy) is 2. The minimum atomic E-state index is -0.639. The van der Waals surface area contributed by atoms with Gasteiger partial charge in [0.1, 0.15) is 17.5 Å². The minimum Gasteiger partial charge on any atom is -0.507 e. The Balaban J connectivity index is 1.74. The second-order valence-corrected chi connectivity index (χ2v) is 7.07. The number of phenols is 1. The highest BCUT2D eigenvalue weighted by atomic mass is 35.5. The van der Waals surface area contributed by atoms with Gasteiger partial charge in [0.15, 0.2) is 0 Å². The molecule has 1 aliphatic rings. The lowest BCUT2D eigenvalue weighted by molar-refractivity contribution is -0.148. The summed E-state index contributed by atoms with van der Waals surface area (Å²) in [7, 11) is 2.84. The van der Waals surface area contributed by atoms with E-state index < -0.39 is 12.0 Å². The zero-order valence-corrected chi connectivity index (χ0v) is 17.1. The summed E-state index contributed by atoms with van der Waals surface area (Å²) in [6.07, 6.45) is 0. The van der Waals surface area contributed by atoms with Gasteiger partial charge in [-0.3, -0.25) is 9.69 Å². The molecular formula is C21H23ClN2O5. The Bertz CT molecular complexity index is 896. The second-order valence-electron chi connectivity index (χ2n) is 6.66. The molecular weight excluding hydrogens is 396 g/mol. The Hall–Kier alpha value is -2.77. The number of hydrogen-bond acceptors (Lipinski definition) is 6. The molecule has 1 fully saturated rings. The summed E-state index contributed by atoms with van der Waals surface area (Å²) in [5.41, 5.74) is 0.892. The summed E-state index contributed by atoms with van der Waals surface area (Å²) in [6.45, 7) is 1.74. The van der Waals surface area contributed by atoms with Crippen molar-refractivity contribution in [2.75, 3.05) is 40.4 Å². The van der Waals surface area contributed by atoms with Crippen LogP contribution in [0.3, 0.4) is 0 Å². The molecule has 1 heterocycles. The number of methoxy groups -OCH3 is 2. The standard InChI is InChI=1S/C21H23ClN2O5/c1-28-14-7-8-16(18(25)13-14)20(26)24-11-9-23(10-12-24)19(21(27)29-2)15-5-3-4-6-17(15)22/h3-8,13,19,25H,9-12H2,1-2H3. The van der Waals surface area contributed by atoms with Crippen LogP contribution in [0.1, 0.15) is 22.0 Å². The van der Waals surface area contributed by atoms with Gasteiger partial charge in [-0.25, -0.2) is 4.79 Å². The molecule has 154 valence electrons. The van der Waals surface area contributed by atoms with E-state index in [0.717, 1.165) is 0 Å². The second kappa shape index (κ2) is 9.15. The number of halogens is 1.